The van der Waals surface area contributed by atoms with E-state index >= 15 is 0 Å². The molecule has 2 unspecified atom stereocenters. The van der Waals surface area contributed by atoms with Crippen LogP contribution in [0, 0.1) is 0 Å². The molecule has 28 heavy (non-hydrogen) atoms. The SMILES string of the molecule is CCCCCCc1oc2ccccc2c1/C=C/C(O)C(O)CCCC(=O)OC. The predicted octanol–water partition coefficient (Wildman–Crippen LogP) is 4.63. The van der Waals surface area contributed by atoms with Crippen molar-refractivity contribution in [3.05, 3.63) is 41.7 Å². The van der Waals surface area contributed by atoms with Gasteiger partial charge in [0.1, 0.15) is 11.3 Å². The molecule has 1 aromatic carbocycles. The molecule has 0 aliphatic rings. The van der Waals surface area contributed by atoms with Crippen LogP contribution in [0.3, 0.4) is 0 Å². The molecule has 0 radical (unpaired) electrons. The number of carbonyl (C=O) groups excluding carboxylic acids is 1. The van der Waals surface area contributed by atoms with E-state index < -0.39 is 12.2 Å². The lowest BCUT2D eigenvalue weighted by molar-refractivity contribution is -0.140. The molecule has 5 nitrogen and oxygen atoms in total. The number of ether oxygens (including phenoxy) is 1. The minimum Gasteiger partial charge on any atom is -0.469 e. The first kappa shape index (κ1) is 22.2. The van der Waals surface area contributed by atoms with Gasteiger partial charge < -0.3 is 19.4 Å². The van der Waals surface area contributed by atoms with Gasteiger partial charge in [-0.05, 0) is 25.3 Å². The van der Waals surface area contributed by atoms with Gasteiger partial charge in [0.25, 0.3) is 0 Å². The number of esters is 1. The highest BCUT2D eigenvalue weighted by Crippen LogP contribution is 2.29. The second-order valence-corrected chi connectivity index (χ2v) is 7.13. The summed E-state index contributed by atoms with van der Waals surface area (Å²) < 4.78 is 10.6. The smallest absolute Gasteiger partial charge is 0.305 e. The second kappa shape index (κ2) is 11.7. The van der Waals surface area contributed by atoms with Crippen molar-refractivity contribution in [1.82, 2.24) is 0 Å². The van der Waals surface area contributed by atoms with Crippen LogP contribution in [-0.2, 0) is 16.0 Å². The van der Waals surface area contributed by atoms with E-state index in [0.717, 1.165) is 41.6 Å². The van der Waals surface area contributed by atoms with Crippen LogP contribution in [0.5, 0.6) is 0 Å². The number of rotatable bonds is 12. The van der Waals surface area contributed by atoms with Crippen molar-refractivity contribution < 1.29 is 24.2 Å². The van der Waals surface area contributed by atoms with Crippen LogP contribution in [0.1, 0.15) is 63.2 Å². The Hall–Kier alpha value is -2.11. The van der Waals surface area contributed by atoms with E-state index in [1.807, 2.05) is 30.3 Å². The minimum atomic E-state index is -1.00. The molecule has 0 saturated heterocycles. The maximum atomic E-state index is 11.1. The Morgan fingerprint density at radius 1 is 1.18 bits per heavy atom. The lowest BCUT2D eigenvalue weighted by Gasteiger charge is -2.14. The lowest BCUT2D eigenvalue weighted by atomic mass is 10.0. The van der Waals surface area contributed by atoms with Crippen molar-refractivity contribution in [3.63, 3.8) is 0 Å². The number of para-hydroxylation sites is 1. The van der Waals surface area contributed by atoms with E-state index in [4.69, 9.17) is 4.42 Å². The average Bonchev–Trinajstić information content (AvgIpc) is 3.06. The maximum Gasteiger partial charge on any atom is 0.305 e. The van der Waals surface area contributed by atoms with Gasteiger partial charge in [-0.2, -0.15) is 0 Å². The summed E-state index contributed by atoms with van der Waals surface area (Å²) in [5, 5.41) is 21.4. The maximum absolute atomic E-state index is 11.1. The monoisotopic (exact) mass is 388 g/mol. The first-order valence-electron chi connectivity index (χ1n) is 10.2. The molecule has 0 aliphatic heterocycles. The second-order valence-electron chi connectivity index (χ2n) is 7.13. The number of furan rings is 1. The highest BCUT2D eigenvalue weighted by atomic mass is 16.5. The average molecular weight is 389 g/mol. The van der Waals surface area contributed by atoms with E-state index in [2.05, 4.69) is 11.7 Å². The summed E-state index contributed by atoms with van der Waals surface area (Å²) in [5.41, 5.74) is 1.80. The van der Waals surface area contributed by atoms with Gasteiger partial charge in [0.15, 0.2) is 0 Å². The van der Waals surface area contributed by atoms with Crippen molar-refractivity contribution in [2.75, 3.05) is 7.11 Å². The van der Waals surface area contributed by atoms with Crippen molar-refractivity contribution in [1.29, 1.82) is 0 Å². The molecule has 154 valence electrons. The first-order chi connectivity index (χ1) is 13.6. The van der Waals surface area contributed by atoms with Crippen molar-refractivity contribution in [3.8, 4) is 0 Å². The highest BCUT2D eigenvalue weighted by Gasteiger charge is 2.16. The van der Waals surface area contributed by atoms with Crippen molar-refractivity contribution >= 4 is 23.0 Å². The van der Waals surface area contributed by atoms with Gasteiger partial charge >= 0.3 is 5.97 Å². The van der Waals surface area contributed by atoms with E-state index in [1.165, 1.54) is 20.0 Å². The number of aryl methyl sites for hydroxylation is 1. The van der Waals surface area contributed by atoms with E-state index in [1.54, 1.807) is 6.08 Å². The molecule has 5 heteroatoms. The third kappa shape index (κ3) is 6.50. The minimum absolute atomic E-state index is 0.234. The van der Waals surface area contributed by atoms with Crippen molar-refractivity contribution in [2.24, 2.45) is 0 Å². The fourth-order valence-corrected chi connectivity index (χ4v) is 3.25. The van der Waals surface area contributed by atoms with Gasteiger partial charge in [-0.3, -0.25) is 4.79 Å². The summed E-state index contributed by atoms with van der Waals surface area (Å²) in [5.74, 6) is 0.607. The summed E-state index contributed by atoms with van der Waals surface area (Å²) in [7, 11) is 1.34. The zero-order valence-corrected chi connectivity index (χ0v) is 16.9. The summed E-state index contributed by atoms with van der Waals surface area (Å²) in [6.45, 7) is 2.19. The Labute approximate surface area is 167 Å². The molecule has 0 spiro atoms. The van der Waals surface area contributed by atoms with Crippen LogP contribution in [0.15, 0.2) is 34.8 Å². The molecule has 0 fully saturated rings. The Kier molecular flexibility index (Phi) is 9.24. The third-order valence-electron chi connectivity index (χ3n) is 4.93. The molecule has 0 amide bonds. The molecular formula is C23H32O5. The number of carbonyl (C=O) groups is 1. The Bertz CT molecular complexity index is 761. The fraction of sp³-hybridized carbons (Fsp3) is 0.522. The Balaban J connectivity index is 2.04. The Morgan fingerprint density at radius 3 is 2.71 bits per heavy atom. The summed E-state index contributed by atoms with van der Waals surface area (Å²) in [6, 6.07) is 7.86. The zero-order chi connectivity index (χ0) is 20.4. The van der Waals surface area contributed by atoms with Crippen LogP contribution in [-0.4, -0.2) is 35.5 Å². The van der Waals surface area contributed by atoms with Crippen LogP contribution in [0.4, 0.5) is 0 Å². The number of hydrogen-bond acceptors (Lipinski definition) is 5. The van der Waals surface area contributed by atoms with Crippen LogP contribution >= 0.6 is 0 Å². The normalized spacial score (nSPS) is 13.9. The van der Waals surface area contributed by atoms with E-state index in [-0.39, 0.29) is 12.4 Å². The largest absolute Gasteiger partial charge is 0.469 e. The molecular weight excluding hydrogens is 356 g/mol. The molecule has 0 bridgehead atoms. The van der Waals surface area contributed by atoms with Crippen LogP contribution in [0.25, 0.3) is 17.0 Å². The van der Waals surface area contributed by atoms with Gasteiger partial charge in [-0.15, -0.1) is 0 Å². The van der Waals surface area contributed by atoms with Crippen LogP contribution < -0.4 is 0 Å². The highest BCUT2D eigenvalue weighted by molar-refractivity contribution is 5.88. The van der Waals surface area contributed by atoms with Gasteiger partial charge in [-0.25, -0.2) is 0 Å². The summed E-state index contributed by atoms with van der Waals surface area (Å²) in [4.78, 5) is 11.1. The standard InChI is InChI=1S/C23H32O5/c1-3-4-5-6-12-22-18(17-10-7-8-13-21(17)28-22)15-16-20(25)19(24)11-9-14-23(26)27-2/h7-8,10,13,15-16,19-20,24-25H,3-6,9,11-12,14H2,1-2H3/b16-15+. The molecule has 2 atom stereocenters. The molecule has 0 aliphatic carbocycles. The van der Waals surface area contributed by atoms with E-state index in [0.29, 0.717) is 12.8 Å². The molecule has 2 N–H and O–H groups in total. The topological polar surface area (TPSA) is 79.9 Å². The zero-order valence-electron chi connectivity index (χ0n) is 16.9. The number of methoxy groups -OCH3 is 1. The number of benzene rings is 1. The first-order valence-corrected chi connectivity index (χ1v) is 10.2. The molecule has 1 aromatic heterocycles. The quantitative estimate of drug-likeness (QED) is 0.409. The molecule has 2 rings (SSSR count). The third-order valence-corrected chi connectivity index (χ3v) is 4.93. The lowest BCUT2D eigenvalue weighted by Crippen LogP contribution is -2.23. The van der Waals surface area contributed by atoms with Gasteiger partial charge in [-0.1, -0.05) is 56.5 Å². The van der Waals surface area contributed by atoms with Crippen LogP contribution in [0.2, 0.25) is 0 Å². The molecule has 1 heterocycles. The van der Waals surface area contributed by atoms with E-state index in [9.17, 15) is 15.0 Å². The molecule has 2 aromatic rings. The number of unbranched alkanes of at least 4 members (excludes halogenated alkanes) is 3. The Morgan fingerprint density at radius 2 is 1.96 bits per heavy atom. The number of aliphatic hydroxyl groups is 2. The number of aliphatic hydroxyl groups excluding tert-OH is 2. The van der Waals surface area contributed by atoms with Gasteiger partial charge in [0.2, 0.25) is 0 Å². The van der Waals surface area contributed by atoms with Gasteiger partial charge in [0.05, 0.1) is 19.3 Å². The van der Waals surface area contributed by atoms with Crippen molar-refractivity contribution in [2.45, 2.75) is 70.5 Å². The summed E-state index contributed by atoms with van der Waals surface area (Å²) in [6.07, 6.45) is 8.04. The number of fused-ring (bicyclic) bond motifs is 1. The number of hydrogen-bond donors (Lipinski definition) is 2. The predicted molar refractivity (Wildman–Crippen MR) is 111 cm³/mol. The molecule has 0 saturated carbocycles. The fourth-order valence-electron chi connectivity index (χ4n) is 3.25. The van der Waals surface area contributed by atoms with Gasteiger partial charge in [0, 0.05) is 23.8 Å². The summed E-state index contributed by atoms with van der Waals surface area (Å²) >= 11 is 0.